The Labute approximate surface area is 103 Å². The van der Waals surface area contributed by atoms with Gasteiger partial charge in [0.2, 0.25) is 0 Å². The number of hydrogen-bond donors (Lipinski definition) is 1. The molecule has 0 amide bonds. The predicted octanol–water partition coefficient (Wildman–Crippen LogP) is 2.03. The largest absolute Gasteiger partial charge is 0.490 e. The Balaban J connectivity index is 1.65. The van der Waals surface area contributed by atoms with Crippen LogP contribution in [0.25, 0.3) is 0 Å². The van der Waals surface area contributed by atoms with E-state index in [1.807, 2.05) is 0 Å². The van der Waals surface area contributed by atoms with Gasteiger partial charge in [-0.15, -0.1) is 0 Å². The van der Waals surface area contributed by atoms with Crippen LogP contribution in [0.4, 0.5) is 5.69 Å². The summed E-state index contributed by atoms with van der Waals surface area (Å²) in [5, 5.41) is 3.46. The van der Waals surface area contributed by atoms with Crippen molar-refractivity contribution in [2.24, 2.45) is 0 Å². The molecule has 1 aliphatic heterocycles. The van der Waals surface area contributed by atoms with E-state index in [1.54, 1.807) is 0 Å². The molecule has 1 saturated heterocycles. The molecule has 3 heteroatoms. The van der Waals surface area contributed by atoms with E-state index in [2.05, 4.69) is 41.4 Å². The molecule has 2 aliphatic rings. The summed E-state index contributed by atoms with van der Waals surface area (Å²) in [6.07, 6.45) is 2.92. The first-order valence-corrected chi connectivity index (χ1v) is 6.56. The van der Waals surface area contributed by atoms with Crippen LogP contribution in [-0.4, -0.2) is 31.8 Å². The fourth-order valence-electron chi connectivity index (χ4n) is 2.28. The summed E-state index contributed by atoms with van der Waals surface area (Å²) < 4.78 is 5.76. The molecule has 17 heavy (non-hydrogen) atoms. The van der Waals surface area contributed by atoms with E-state index in [0.717, 1.165) is 25.4 Å². The average Bonchev–Trinajstić information content (AvgIpc) is 3.14. The SMILES string of the molecule is C[C@@H]1CN(c2ccc(OC3CC3)cc2)CCN1. The summed E-state index contributed by atoms with van der Waals surface area (Å²) in [5.41, 5.74) is 1.31. The zero-order chi connectivity index (χ0) is 11.7. The number of nitrogens with one attached hydrogen (secondary N) is 1. The van der Waals surface area contributed by atoms with Crippen LogP contribution in [0.5, 0.6) is 5.75 Å². The number of nitrogens with zero attached hydrogens (tertiary/aromatic N) is 1. The van der Waals surface area contributed by atoms with Crippen LogP contribution in [0.2, 0.25) is 0 Å². The van der Waals surface area contributed by atoms with E-state index in [1.165, 1.54) is 18.5 Å². The summed E-state index contributed by atoms with van der Waals surface area (Å²) in [5.74, 6) is 1.01. The van der Waals surface area contributed by atoms with E-state index in [0.29, 0.717) is 12.1 Å². The molecule has 2 fully saturated rings. The molecule has 1 aliphatic carbocycles. The lowest BCUT2D eigenvalue weighted by Gasteiger charge is -2.33. The van der Waals surface area contributed by atoms with Gasteiger partial charge in [0.05, 0.1) is 6.10 Å². The van der Waals surface area contributed by atoms with Crippen molar-refractivity contribution in [3.63, 3.8) is 0 Å². The molecule has 1 atom stereocenters. The Bertz CT molecular complexity index is 372. The highest BCUT2D eigenvalue weighted by atomic mass is 16.5. The predicted molar refractivity (Wildman–Crippen MR) is 69.8 cm³/mol. The lowest BCUT2D eigenvalue weighted by molar-refractivity contribution is 0.303. The Morgan fingerprint density at radius 3 is 2.65 bits per heavy atom. The molecule has 3 rings (SSSR count). The van der Waals surface area contributed by atoms with Crippen molar-refractivity contribution >= 4 is 5.69 Å². The first kappa shape index (κ1) is 10.9. The molecule has 0 unspecified atom stereocenters. The molecule has 0 spiro atoms. The number of anilines is 1. The molecular formula is C14H20N2O. The Morgan fingerprint density at radius 2 is 2.00 bits per heavy atom. The van der Waals surface area contributed by atoms with Crippen molar-refractivity contribution in [3.05, 3.63) is 24.3 Å². The second kappa shape index (κ2) is 4.57. The van der Waals surface area contributed by atoms with Crippen LogP contribution in [0, 0.1) is 0 Å². The average molecular weight is 232 g/mol. The molecule has 0 bridgehead atoms. The van der Waals surface area contributed by atoms with Crippen molar-refractivity contribution in [2.75, 3.05) is 24.5 Å². The van der Waals surface area contributed by atoms with Crippen molar-refractivity contribution in [3.8, 4) is 5.75 Å². The van der Waals surface area contributed by atoms with Gasteiger partial charge in [0.1, 0.15) is 5.75 Å². The first-order chi connectivity index (χ1) is 8.31. The van der Waals surface area contributed by atoms with Gasteiger partial charge in [-0.3, -0.25) is 0 Å². The number of benzene rings is 1. The second-order valence-electron chi connectivity index (χ2n) is 5.11. The van der Waals surface area contributed by atoms with Crippen LogP contribution in [0.3, 0.4) is 0 Å². The van der Waals surface area contributed by atoms with Crippen molar-refractivity contribution in [1.29, 1.82) is 0 Å². The zero-order valence-corrected chi connectivity index (χ0v) is 10.4. The highest BCUT2D eigenvalue weighted by molar-refractivity contribution is 5.49. The standard InChI is InChI=1S/C14H20N2O/c1-11-10-16(9-8-15-11)12-2-4-13(5-3-12)17-14-6-7-14/h2-5,11,14-15H,6-10H2,1H3/t11-/m1/s1. The van der Waals surface area contributed by atoms with Crippen LogP contribution >= 0.6 is 0 Å². The fraction of sp³-hybridized carbons (Fsp3) is 0.571. The van der Waals surface area contributed by atoms with E-state index < -0.39 is 0 Å². The minimum atomic E-state index is 0.486. The van der Waals surface area contributed by atoms with Gasteiger partial charge in [0.15, 0.2) is 0 Å². The number of piperazine rings is 1. The van der Waals surface area contributed by atoms with Gasteiger partial charge in [-0.1, -0.05) is 0 Å². The number of hydrogen-bond acceptors (Lipinski definition) is 3. The maximum atomic E-state index is 5.76. The maximum Gasteiger partial charge on any atom is 0.119 e. The third-order valence-corrected chi connectivity index (χ3v) is 3.40. The highest BCUT2D eigenvalue weighted by Gasteiger charge is 2.23. The minimum Gasteiger partial charge on any atom is -0.490 e. The summed E-state index contributed by atoms with van der Waals surface area (Å²) in [6.45, 7) is 5.48. The van der Waals surface area contributed by atoms with Gasteiger partial charge < -0.3 is 15.0 Å². The lowest BCUT2D eigenvalue weighted by atomic mass is 10.2. The second-order valence-corrected chi connectivity index (χ2v) is 5.11. The van der Waals surface area contributed by atoms with Gasteiger partial charge in [0, 0.05) is 31.4 Å². The molecular weight excluding hydrogens is 212 g/mol. The highest BCUT2D eigenvalue weighted by Crippen LogP contribution is 2.28. The van der Waals surface area contributed by atoms with Gasteiger partial charge in [-0.05, 0) is 44.0 Å². The molecule has 0 aromatic heterocycles. The zero-order valence-electron chi connectivity index (χ0n) is 10.4. The quantitative estimate of drug-likeness (QED) is 0.863. The maximum absolute atomic E-state index is 5.76. The molecule has 1 saturated carbocycles. The number of ether oxygens (including phenoxy) is 1. The summed E-state index contributed by atoms with van der Waals surface area (Å²) in [7, 11) is 0. The van der Waals surface area contributed by atoms with Gasteiger partial charge in [-0.25, -0.2) is 0 Å². The molecule has 1 aromatic carbocycles. The molecule has 1 heterocycles. The van der Waals surface area contributed by atoms with Gasteiger partial charge >= 0.3 is 0 Å². The molecule has 92 valence electrons. The number of rotatable bonds is 3. The van der Waals surface area contributed by atoms with E-state index >= 15 is 0 Å². The third-order valence-electron chi connectivity index (χ3n) is 3.40. The van der Waals surface area contributed by atoms with Gasteiger partial charge in [-0.2, -0.15) is 0 Å². The van der Waals surface area contributed by atoms with E-state index in [9.17, 15) is 0 Å². The normalized spacial score (nSPS) is 24.8. The summed E-state index contributed by atoms with van der Waals surface area (Å²) in [6, 6.07) is 9.12. The van der Waals surface area contributed by atoms with Gasteiger partial charge in [0.25, 0.3) is 0 Å². The monoisotopic (exact) mass is 232 g/mol. The van der Waals surface area contributed by atoms with Crippen LogP contribution in [0.1, 0.15) is 19.8 Å². The van der Waals surface area contributed by atoms with Crippen LogP contribution in [-0.2, 0) is 0 Å². The van der Waals surface area contributed by atoms with Crippen molar-refractivity contribution < 1.29 is 4.74 Å². The van der Waals surface area contributed by atoms with Crippen molar-refractivity contribution in [2.45, 2.75) is 31.9 Å². The van der Waals surface area contributed by atoms with E-state index in [-0.39, 0.29) is 0 Å². The molecule has 0 radical (unpaired) electrons. The Hall–Kier alpha value is -1.22. The molecule has 1 N–H and O–H groups in total. The topological polar surface area (TPSA) is 24.5 Å². The van der Waals surface area contributed by atoms with Crippen LogP contribution in [0.15, 0.2) is 24.3 Å². The fourth-order valence-corrected chi connectivity index (χ4v) is 2.28. The lowest BCUT2D eigenvalue weighted by Crippen LogP contribution is -2.49. The molecule has 1 aromatic rings. The minimum absolute atomic E-state index is 0.486. The Kier molecular flexibility index (Phi) is 2.93. The Morgan fingerprint density at radius 1 is 1.24 bits per heavy atom. The van der Waals surface area contributed by atoms with Crippen molar-refractivity contribution in [1.82, 2.24) is 5.32 Å². The smallest absolute Gasteiger partial charge is 0.119 e. The third kappa shape index (κ3) is 2.72. The first-order valence-electron chi connectivity index (χ1n) is 6.56. The summed E-state index contributed by atoms with van der Waals surface area (Å²) >= 11 is 0. The van der Waals surface area contributed by atoms with Crippen LogP contribution < -0.4 is 15.0 Å². The summed E-state index contributed by atoms with van der Waals surface area (Å²) in [4.78, 5) is 2.43. The van der Waals surface area contributed by atoms with E-state index in [4.69, 9.17) is 4.74 Å². The molecule has 3 nitrogen and oxygen atoms in total.